The number of aliphatic hydroxyl groups excluding tert-OH is 1. The molecule has 1 fully saturated rings. The van der Waals surface area contributed by atoms with Gasteiger partial charge in [0.1, 0.15) is 24.4 Å². The van der Waals surface area contributed by atoms with Crippen LogP contribution < -0.4 is 5.32 Å². The summed E-state index contributed by atoms with van der Waals surface area (Å²) in [7, 11) is 0. The second-order valence-corrected chi connectivity index (χ2v) is 22.3. The van der Waals surface area contributed by atoms with Crippen LogP contribution in [0.5, 0.6) is 0 Å². The van der Waals surface area contributed by atoms with Gasteiger partial charge in [0.25, 0.3) is 0 Å². The smallest absolute Gasteiger partial charge is 0.220 e. The Labute approximate surface area is 495 Å². The van der Waals surface area contributed by atoms with Crippen LogP contribution in [-0.4, -0.2) is 60.3 Å². The number of nitrogens with one attached hydrogen (secondary N) is 1. The lowest BCUT2D eigenvalue weighted by Crippen LogP contribution is -2.62. The van der Waals surface area contributed by atoms with E-state index in [9.17, 15) is 14.0 Å². The maximum absolute atomic E-state index is 14.1. The second kappa shape index (κ2) is 42.0. The number of rotatable bonds is 45. The Morgan fingerprint density at radius 3 is 1.27 bits per heavy atom. The number of amides is 1. The minimum Gasteiger partial charge on any atom is -0.387 e. The number of hydrogen-bond acceptors (Lipinski definition) is 7. The van der Waals surface area contributed by atoms with Crippen molar-refractivity contribution >= 4 is 5.91 Å². The van der Waals surface area contributed by atoms with E-state index in [0.29, 0.717) is 41.5 Å². The van der Waals surface area contributed by atoms with Crippen molar-refractivity contribution in [3.63, 3.8) is 0 Å². The van der Waals surface area contributed by atoms with Crippen molar-refractivity contribution in [2.75, 3.05) is 6.61 Å². The summed E-state index contributed by atoms with van der Waals surface area (Å²) in [6, 6.07) is 45.9. The summed E-state index contributed by atoms with van der Waals surface area (Å²) in [4.78, 5) is 14.1. The molecule has 5 aromatic carbocycles. The molecule has 6 rings (SSSR count). The number of ether oxygens (including phenoxy) is 5. The molecule has 1 amide bonds. The maximum atomic E-state index is 14.1. The van der Waals surface area contributed by atoms with Gasteiger partial charge in [-0.15, -0.1) is 0 Å². The highest BCUT2D eigenvalue weighted by Gasteiger charge is 2.49. The molecule has 0 saturated carbocycles. The normalized spacial score (nSPS) is 20.3. The summed E-state index contributed by atoms with van der Waals surface area (Å²) in [5.74, 6) is -0.190. The van der Waals surface area contributed by atoms with E-state index in [0.717, 1.165) is 25.7 Å². The van der Waals surface area contributed by atoms with Crippen molar-refractivity contribution in [3.05, 3.63) is 192 Å². The predicted molar refractivity (Wildman–Crippen MR) is 333 cm³/mol. The molecule has 1 aliphatic rings. The van der Waals surface area contributed by atoms with Gasteiger partial charge in [0.15, 0.2) is 0 Å². The fourth-order valence-electron chi connectivity index (χ4n) is 10.8. The van der Waals surface area contributed by atoms with E-state index in [2.05, 4.69) is 24.4 Å². The van der Waals surface area contributed by atoms with E-state index < -0.39 is 69.0 Å². The Morgan fingerprint density at radius 2 is 0.852 bits per heavy atom. The summed E-state index contributed by atoms with van der Waals surface area (Å²) < 4.78 is 71.1. The van der Waals surface area contributed by atoms with Crippen molar-refractivity contribution in [3.8, 4) is 0 Å². The van der Waals surface area contributed by atoms with Gasteiger partial charge in [-0.05, 0) is 53.5 Å². The Bertz CT molecular complexity index is 2460. The van der Waals surface area contributed by atoms with Gasteiger partial charge in [-0.25, -0.2) is 0 Å². The Balaban J connectivity index is 1.12. The highest BCUT2D eigenvalue weighted by molar-refractivity contribution is 5.76. The summed E-state index contributed by atoms with van der Waals surface area (Å²) in [6.45, 7) is -2.78. The molecule has 2 N–H and O–H groups in total. The first kappa shape index (κ1) is 59.2. The Kier molecular flexibility index (Phi) is 30.7. The lowest BCUT2D eigenvalue weighted by atomic mass is 9.89. The third-order valence-corrected chi connectivity index (χ3v) is 15.5. The average molecular weight is 1110 g/mol. The third kappa shape index (κ3) is 27.8. The van der Waals surface area contributed by atoms with Crippen LogP contribution in [0.4, 0.5) is 0 Å². The first-order valence-electron chi connectivity index (χ1n) is 33.8. The number of carbonyl (C=O) groups is 1. The fourth-order valence-corrected chi connectivity index (χ4v) is 10.8. The highest BCUT2D eigenvalue weighted by Crippen LogP contribution is 2.34. The number of allylic oxidation sites excluding steroid dienone is 1. The molecule has 0 spiro atoms. The summed E-state index contributed by atoms with van der Waals surface area (Å²) in [6.07, 6.45) is 28.6. The molecular formula is C73H103NO7. The van der Waals surface area contributed by atoms with E-state index in [1.807, 2.05) is 109 Å². The number of carbonyl (C=O) groups excluding carboxylic acids is 1. The molecular weight excluding hydrogens is 1000 g/mol. The van der Waals surface area contributed by atoms with Crippen molar-refractivity contribution in [2.24, 2.45) is 0 Å². The zero-order chi connectivity index (χ0) is 59.9. The quantitative estimate of drug-likeness (QED) is 0.0296. The fraction of sp³-hybridized carbons (Fsp3) is 0.548. The van der Waals surface area contributed by atoms with Gasteiger partial charge in [-0.1, -0.05) is 312 Å². The molecule has 442 valence electrons. The van der Waals surface area contributed by atoms with Crippen LogP contribution in [0.15, 0.2) is 164 Å². The van der Waals surface area contributed by atoms with Gasteiger partial charge in [-0.3, -0.25) is 4.79 Å². The number of unbranched alkanes of at least 4 members (excludes halogenated alkanes) is 22. The number of aliphatic hydroxyl groups is 1. The monoisotopic (exact) mass is 1110 g/mol. The predicted octanol–water partition coefficient (Wildman–Crippen LogP) is 17.5. The van der Waals surface area contributed by atoms with Crippen LogP contribution in [0.1, 0.15) is 207 Å². The lowest BCUT2D eigenvalue weighted by Gasteiger charge is -2.47. The SMILES string of the molecule is [2H]C(OC[C@H]1OC(C[C@H](NC(=O)CCCCCCCCCCCCCCCCCCCCCCCCC)[C@H](O)C=CCCc2ccccc2)[C@H](OC([2H])c2ccccc2)[C@@H](OC([2H])c2ccccc2)[C@H]1OC([2H])c1ccccc1)c1ccccc1. The first-order chi connectivity index (χ1) is 41.7. The van der Waals surface area contributed by atoms with Gasteiger partial charge in [0, 0.05) is 6.42 Å². The summed E-state index contributed by atoms with van der Waals surface area (Å²) in [5, 5.41) is 15.4. The van der Waals surface area contributed by atoms with Crippen molar-refractivity contribution in [1.82, 2.24) is 5.32 Å². The zero-order valence-electron chi connectivity index (χ0n) is 53.1. The van der Waals surface area contributed by atoms with Gasteiger partial charge < -0.3 is 34.1 Å². The number of aryl methyl sites for hydroxylation is 1. The van der Waals surface area contributed by atoms with Crippen molar-refractivity contribution in [2.45, 2.75) is 249 Å². The molecule has 0 aromatic heterocycles. The molecule has 0 radical (unpaired) electrons. The second-order valence-electron chi connectivity index (χ2n) is 22.3. The van der Waals surface area contributed by atoms with E-state index in [4.69, 9.17) is 25.1 Å². The summed E-state index contributed by atoms with van der Waals surface area (Å²) >= 11 is 0. The number of benzene rings is 5. The molecule has 1 aliphatic heterocycles. The summed E-state index contributed by atoms with van der Waals surface area (Å²) in [5.41, 5.74) is 3.50. The van der Waals surface area contributed by atoms with Gasteiger partial charge in [0.2, 0.25) is 5.91 Å². The van der Waals surface area contributed by atoms with Crippen LogP contribution in [0.2, 0.25) is 0 Å². The van der Waals surface area contributed by atoms with Gasteiger partial charge in [-0.2, -0.15) is 0 Å². The third-order valence-electron chi connectivity index (χ3n) is 15.5. The van der Waals surface area contributed by atoms with Crippen LogP contribution in [-0.2, 0) is 61.2 Å². The van der Waals surface area contributed by atoms with Crippen LogP contribution in [0.3, 0.4) is 0 Å². The molecule has 11 atom stereocenters. The molecule has 81 heavy (non-hydrogen) atoms. The number of hydrogen-bond donors (Lipinski definition) is 2. The van der Waals surface area contributed by atoms with E-state index in [1.165, 1.54) is 128 Å². The van der Waals surface area contributed by atoms with E-state index in [1.54, 1.807) is 42.5 Å². The van der Waals surface area contributed by atoms with Gasteiger partial charge in [0.05, 0.1) is 56.7 Å². The lowest BCUT2D eigenvalue weighted by molar-refractivity contribution is -0.274. The molecule has 5 unspecified atom stereocenters. The Morgan fingerprint density at radius 1 is 0.494 bits per heavy atom. The first-order valence-corrected chi connectivity index (χ1v) is 31.5. The highest BCUT2D eigenvalue weighted by atomic mass is 16.6. The standard InChI is InChI=1S/C73H103NO7/c1-2-3-4-5-6-7-8-9-10-11-12-13-14-15-16-17-18-19-20-21-22-23-39-54-70(76)74-66(67(75)53-41-40-44-61-42-29-24-30-43-61)55-68-71(78-57-63-47-33-26-34-48-63)73(80-59-65-51-37-28-38-52-65)72(79-58-64-49-35-27-36-50-64)69(81-68)60-77-56-62-45-31-25-32-46-62/h24-38,41-43,45-53,66-69,71-73,75H,2-23,39-40,44,54-60H2,1H3,(H,74,76)/t66-,67+,68?,69+,71-,72-,73+/m0/s1/i56D,57D,58D,59D/t56?,57?,58?,59?,66-,67+,68?,69+,71-,72-,73+. The molecule has 5 aromatic rings. The molecule has 0 aliphatic carbocycles. The van der Waals surface area contributed by atoms with Gasteiger partial charge >= 0.3 is 0 Å². The molecule has 1 heterocycles. The topological polar surface area (TPSA) is 95.5 Å². The average Bonchev–Trinajstić information content (AvgIpc) is 2.49. The maximum Gasteiger partial charge on any atom is 0.220 e. The van der Waals surface area contributed by atoms with Crippen LogP contribution in [0, 0.1) is 0 Å². The molecule has 8 heteroatoms. The largest absolute Gasteiger partial charge is 0.387 e. The minimum atomic E-state index is -1.27. The molecule has 8 nitrogen and oxygen atoms in total. The van der Waals surface area contributed by atoms with E-state index in [-0.39, 0.29) is 18.9 Å². The molecule has 0 bridgehead atoms. The molecule has 1 saturated heterocycles. The zero-order valence-corrected chi connectivity index (χ0v) is 49.1. The van der Waals surface area contributed by atoms with Crippen molar-refractivity contribution < 1.29 is 39.1 Å². The van der Waals surface area contributed by atoms with Crippen LogP contribution >= 0.6 is 0 Å². The minimum absolute atomic E-state index is 0.00453. The van der Waals surface area contributed by atoms with E-state index >= 15 is 0 Å². The van der Waals surface area contributed by atoms with Crippen LogP contribution in [0.25, 0.3) is 0 Å². The Hall–Kier alpha value is -4.93. The van der Waals surface area contributed by atoms with Crippen molar-refractivity contribution in [1.29, 1.82) is 0 Å².